The van der Waals surface area contributed by atoms with E-state index >= 15 is 0 Å². The van der Waals surface area contributed by atoms with E-state index in [1.165, 1.54) is 0 Å². The third-order valence-electron chi connectivity index (χ3n) is 5.00. The number of hydrogen-bond acceptors (Lipinski definition) is 2. The summed E-state index contributed by atoms with van der Waals surface area (Å²) in [5, 5.41) is 4.41. The first kappa shape index (κ1) is 18.0. The summed E-state index contributed by atoms with van der Waals surface area (Å²) in [7, 11) is 0. The Labute approximate surface area is 163 Å². The van der Waals surface area contributed by atoms with Gasteiger partial charge in [-0.15, -0.1) is 0 Å². The van der Waals surface area contributed by atoms with Crippen LogP contribution in [-0.2, 0) is 17.9 Å². The number of nitrogens with one attached hydrogen (secondary N) is 1. The highest BCUT2D eigenvalue weighted by Gasteiger charge is 2.10. The lowest BCUT2D eigenvalue weighted by molar-refractivity contribution is -0.121. The first-order valence-electron chi connectivity index (χ1n) is 9.55. The SMILES string of the molecule is O=C(CCCn1c2ccccc2c(=O)c2ccccc21)NCc1ccccc1. The molecule has 0 aliphatic heterocycles. The molecule has 0 saturated heterocycles. The molecule has 0 fully saturated rings. The largest absolute Gasteiger partial charge is 0.352 e. The van der Waals surface area contributed by atoms with Crippen LogP contribution in [0.2, 0.25) is 0 Å². The number of aryl methyl sites for hydroxylation is 1. The van der Waals surface area contributed by atoms with Gasteiger partial charge >= 0.3 is 0 Å². The van der Waals surface area contributed by atoms with Crippen LogP contribution in [0.15, 0.2) is 83.7 Å². The molecule has 1 aromatic heterocycles. The zero-order valence-electron chi connectivity index (χ0n) is 15.6. The highest BCUT2D eigenvalue weighted by molar-refractivity contribution is 5.93. The molecule has 4 rings (SSSR count). The second kappa shape index (κ2) is 8.09. The molecule has 0 spiro atoms. The van der Waals surface area contributed by atoms with Gasteiger partial charge in [0.25, 0.3) is 0 Å². The summed E-state index contributed by atoms with van der Waals surface area (Å²) in [6, 6.07) is 25.2. The van der Waals surface area contributed by atoms with Crippen molar-refractivity contribution >= 4 is 27.7 Å². The first-order chi connectivity index (χ1) is 13.7. The number of amides is 1. The molecule has 0 unspecified atom stereocenters. The normalized spacial score (nSPS) is 11.0. The minimum absolute atomic E-state index is 0.0403. The summed E-state index contributed by atoms with van der Waals surface area (Å²) in [4.78, 5) is 25.0. The molecule has 3 aromatic carbocycles. The maximum atomic E-state index is 12.8. The number of carbonyl (C=O) groups is 1. The fraction of sp³-hybridized carbons (Fsp3) is 0.167. The number of benzene rings is 3. The van der Waals surface area contributed by atoms with Crippen LogP contribution in [0.1, 0.15) is 18.4 Å². The van der Waals surface area contributed by atoms with Gasteiger partial charge in [0.2, 0.25) is 5.91 Å². The Morgan fingerprint density at radius 2 is 1.36 bits per heavy atom. The molecule has 28 heavy (non-hydrogen) atoms. The molecule has 0 radical (unpaired) electrons. The van der Waals surface area contributed by atoms with E-state index in [2.05, 4.69) is 9.88 Å². The minimum atomic E-state index is 0.0403. The van der Waals surface area contributed by atoms with Gasteiger partial charge in [-0.2, -0.15) is 0 Å². The Bertz CT molecular complexity index is 1120. The molecular formula is C24H22N2O2. The summed E-state index contributed by atoms with van der Waals surface area (Å²) in [6.07, 6.45) is 1.15. The van der Waals surface area contributed by atoms with E-state index in [0.717, 1.165) is 27.4 Å². The molecule has 0 bridgehead atoms. The number of carbonyl (C=O) groups excluding carboxylic acids is 1. The van der Waals surface area contributed by atoms with Crippen LogP contribution < -0.4 is 10.7 Å². The van der Waals surface area contributed by atoms with Gasteiger partial charge in [0.15, 0.2) is 5.43 Å². The average Bonchev–Trinajstić information content (AvgIpc) is 2.75. The van der Waals surface area contributed by atoms with Crippen molar-refractivity contribution in [2.75, 3.05) is 0 Å². The van der Waals surface area contributed by atoms with E-state index in [0.29, 0.717) is 25.9 Å². The second-order valence-electron chi connectivity index (χ2n) is 6.88. The van der Waals surface area contributed by atoms with Gasteiger partial charge in [-0.05, 0) is 36.2 Å². The van der Waals surface area contributed by atoms with Crippen molar-refractivity contribution in [3.63, 3.8) is 0 Å². The van der Waals surface area contributed by atoms with Crippen LogP contribution in [0.3, 0.4) is 0 Å². The summed E-state index contributed by atoms with van der Waals surface area (Å²) in [5.74, 6) is 0.0403. The third kappa shape index (κ3) is 3.67. The molecule has 0 aliphatic rings. The topological polar surface area (TPSA) is 51.1 Å². The summed E-state index contributed by atoms with van der Waals surface area (Å²) in [6.45, 7) is 1.23. The molecule has 140 valence electrons. The van der Waals surface area contributed by atoms with Crippen molar-refractivity contribution < 1.29 is 4.79 Å². The van der Waals surface area contributed by atoms with Gasteiger partial charge < -0.3 is 9.88 Å². The predicted molar refractivity (Wildman–Crippen MR) is 113 cm³/mol. The van der Waals surface area contributed by atoms with Gasteiger partial charge in [0, 0.05) is 30.3 Å². The molecule has 4 nitrogen and oxygen atoms in total. The van der Waals surface area contributed by atoms with E-state index in [-0.39, 0.29) is 11.3 Å². The Kier molecular flexibility index (Phi) is 5.20. The zero-order chi connectivity index (χ0) is 19.3. The van der Waals surface area contributed by atoms with Gasteiger partial charge in [0.1, 0.15) is 0 Å². The lowest BCUT2D eigenvalue weighted by Gasteiger charge is -2.15. The average molecular weight is 370 g/mol. The van der Waals surface area contributed by atoms with Crippen molar-refractivity contribution in [1.82, 2.24) is 9.88 Å². The highest BCUT2D eigenvalue weighted by Crippen LogP contribution is 2.19. The van der Waals surface area contributed by atoms with Crippen molar-refractivity contribution in [1.29, 1.82) is 0 Å². The quantitative estimate of drug-likeness (QED) is 0.516. The van der Waals surface area contributed by atoms with Gasteiger partial charge in [-0.25, -0.2) is 0 Å². The molecule has 4 aromatic rings. The molecule has 0 saturated carbocycles. The van der Waals surface area contributed by atoms with E-state index in [9.17, 15) is 9.59 Å². The number of fused-ring (bicyclic) bond motifs is 2. The summed E-state index contributed by atoms with van der Waals surface area (Å²) >= 11 is 0. The Morgan fingerprint density at radius 3 is 2.00 bits per heavy atom. The standard InChI is InChI=1S/C24H22N2O2/c27-23(25-17-18-9-2-1-3-10-18)15-8-16-26-21-13-6-4-11-19(21)24(28)20-12-5-7-14-22(20)26/h1-7,9-14H,8,15-17H2,(H,25,27). The monoisotopic (exact) mass is 370 g/mol. The van der Waals surface area contributed by atoms with Crippen LogP contribution in [-0.4, -0.2) is 10.5 Å². The molecule has 0 atom stereocenters. The molecule has 1 heterocycles. The number of rotatable bonds is 6. The van der Waals surface area contributed by atoms with Crippen LogP contribution in [0, 0.1) is 0 Å². The smallest absolute Gasteiger partial charge is 0.220 e. The fourth-order valence-corrected chi connectivity index (χ4v) is 3.60. The summed E-state index contributed by atoms with van der Waals surface area (Å²) in [5.41, 5.74) is 2.98. The zero-order valence-corrected chi connectivity index (χ0v) is 15.6. The van der Waals surface area contributed by atoms with E-state index in [1.807, 2.05) is 78.9 Å². The lowest BCUT2D eigenvalue weighted by Crippen LogP contribution is -2.23. The van der Waals surface area contributed by atoms with Crippen LogP contribution >= 0.6 is 0 Å². The maximum Gasteiger partial charge on any atom is 0.220 e. The lowest BCUT2D eigenvalue weighted by atomic mass is 10.1. The first-order valence-corrected chi connectivity index (χ1v) is 9.55. The van der Waals surface area contributed by atoms with Gasteiger partial charge in [-0.3, -0.25) is 9.59 Å². The molecule has 1 amide bonds. The third-order valence-corrected chi connectivity index (χ3v) is 5.00. The Hall–Kier alpha value is -3.40. The molecule has 4 heteroatoms. The van der Waals surface area contributed by atoms with Gasteiger partial charge in [-0.1, -0.05) is 54.6 Å². The maximum absolute atomic E-state index is 12.8. The Morgan fingerprint density at radius 1 is 0.786 bits per heavy atom. The molecule has 1 N–H and O–H groups in total. The van der Waals surface area contributed by atoms with Crippen LogP contribution in [0.25, 0.3) is 21.8 Å². The minimum Gasteiger partial charge on any atom is -0.352 e. The van der Waals surface area contributed by atoms with Crippen LogP contribution in [0.5, 0.6) is 0 Å². The number of para-hydroxylation sites is 2. The van der Waals surface area contributed by atoms with Crippen molar-refractivity contribution in [3.05, 3.63) is 94.6 Å². The fourth-order valence-electron chi connectivity index (χ4n) is 3.60. The summed E-state index contributed by atoms with van der Waals surface area (Å²) < 4.78 is 2.15. The molecular weight excluding hydrogens is 348 g/mol. The van der Waals surface area contributed by atoms with Crippen molar-refractivity contribution in [2.24, 2.45) is 0 Å². The predicted octanol–water partition coefficient (Wildman–Crippen LogP) is 4.25. The van der Waals surface area contributed by atoms with Crippen molar-refractivity contribution in [2.45, 2.75) is 25.9 Å². The van der Waals surface area contributed by atoms with Crippen molar-refractivity contribution in [3.8, 4) is 0 Å². The number of hydrogen-bond donors (Lipinski definition) is 1. The van der Waals surface area contributed by atoms with E-state index < -0.39 is 0 Å². The van der Waals surface area contributed by atoms with E-state index in [1.54, 1.807) is 0 Å². The van der Waals surface area contributed by atoms with E-state index in [4.69, 9.17) is 0 Å². The van der Waals surface area contributed by atoms with Crippen LogP contribution in [0.4, 0.5) is 0 Å². The second-order valence-corrected chi connectivity index (χ2v) is 6.88. The number of aromatic nitrogens is 1. The number of nitrogens with zero attached hydrogens (tertiary/aromatic N) is 1. The number of pyridine rings is 1. The highest BCUT2D eigenvalue weighted by atomic mass is 16.1. The molecule has 0 aliphatic carbocycles. The Balaban J connectivity index is 1.50. The van der Waals surface area contributed by atoms with Gasteiger partial charge in [0.05, 0.1) is 11.0 Å².